The summed E-state index contributed by atoms with van der Waals surface area (Å²) in [6.07, 6.45) is 7.60. The normalized spacial score (nSPS) is 23.2. The Morgan fingerprint density at radius 1 is 1.31 bits per heavy atom. The van der Waals surface area contributed by atoms with Crippen molar-refractivity contribution in [2.24, 2.45) is 11.8 Å². The van der Waals surface area contributed by atoms with E-state index in [1.54, 1.807) is 11.3 Å². The average molecular weight is 415 g/mol. The fourth-order valence-corrected chi connectivity index (χ4v) is 5.36. The number of aliphatic hydroxyl groups excluding tert-OH is 2. The first-order valence-corrected chi connectivity index (χ1v) is 11.2. The highest BCUT2D eigenvalue weighted by Crippen LogP contribution is 2.42. The highest BCUT2D eigenvalue weighted by atomic mass is 32.1. The number of hydrogen-bond acceptors (Lipinski definition) is 4. The molecule has 0 radical (unpaired) electrons. The predicted octanol–water partition coefficient (Wildman–Crippen LogP) is 5.47. The van der Waals surface area contributed by atoms with Crippen LogP contribution < -0.4 is 0 Å². The average Bonchev–Trinajstić information content (AvgIpc) is 3.23. The Bertz CT molecular complexity index is 836. The Morgan fingerprint density at radius 3 is 2.86 bits per heavy atom. The third-order valence-corrected chi connectivity index (χ3v) is 7.08. The molecule has 5 heteroatoms. The molecule has 2 aromatic rings. The first kappa shape index (κ1) is 21.8. The number of carboxylic acid groups (broad SMARTS) is 1. The molecule has 0 aliphatic heterocycles. The van der Waals surface area contributed by atoms with Gasteiger partial charge < -0.3 is 15.3 Å². The van der Waals surface area contributed by atoms with Gasteiger partial charge in [0.1, 0.15) is 0 Å². The Labute approximate surface area is 176 Å². The van der Waals surface area contributed by atoms with Gasteiger partial charge in [-0.05, 0) is 67.9 Å². The van der Waals surface area contributed by atoms with Crippen LogP contribution in [0.1, 0.15) is 55.9 Å². The minimum absolute atomic E-state index is 0.118. The molecule has 156 valence electrons. The van der Waals surface area contributed by atoms with Crippen LogP contribution in [0.25, 0.3) is 10.1 Å². The second kappa shape index (κ2) is 10.2. The fourth-order valence-electron chi connectivity index (χ4n) is 4.27. The van der Waals surface area contributed by atoms with Crippen molar-refractivity contribution in [1.29, 1.82) is 0 Å². The lowest BCUT2D eigenvalue weighted by Gasteiger charge is -2.22. The summed E-state index contributed by atoms with van der Waals surface area (Å²) in [7, 11) is 0. The lowest BCUT2D eigenvalue weighted by molar-refractivity contribution is -0.137. The molecule has 0 saturated heterocycles. The van der Waals surface area contributed by atoms with Crippen LogP contribution in [0, 0.1) is 11.8 Å². The van der Waals surface area contributed by atoms with E-state index in [-0.39, 0.29) is 18.3 Å². The molecular weight excluding hydrogens is 384 g/mol. The maximum atomic E-state index is 10.7. The summed E-state index contributed by atoms with van der Waals surface area (Å²) < 4.78 is 1.19. The van der Waals surface area contributed by atoms with Crippen molar-refractivity contribution in [2.45, 2.75) is 57.2 Å². The molecule has 1 saturated carbocycles. The van der Waals surface area contributed by atoms with Crippen molar-refractivity contribution in [3.05, 3.63) is 59.5 Å². The summed E-state index contributed by atoms with van der Waals surface area (Å²) in [5.41, 5.74) is 1.07. The number of hydrogen-bond donors (Lipinski definition) is 3. The van der Waals surface area contributed by atoms with Crippen LogP contribution in [0.5, 0.6) is 0 Å². The van der Waals surface area contributed by atoms with Crippen molar-refractivity contribution in [2.75, 3.05) is 0 Å². The van der Waals surface area contributed by atoms with Crippen LogP contribution in [-0.2, 0) is 4.79 Å². The zero-order valence-corrected chi connectivity index (χ0v) is 17.5. The van der Waals surface area contributed by atoms with Gasteiger partial charge in [-0.15, -0.1) is 11.3 Å². The largest absolute Gasteiger partial charge is 0.481 e. The van der Waals surface area contributed by atoms with Gasteiger partial charge in [0, 0.05) is 16.0 Å². The van der Waals surface area contributed by atoms with Crippen LogP contribution in [0.4, 0.5) is 0 Å². The molecule has 1 aromatic heterocycles. The smallest absolute Gasteiger partial charge is 0.303 e. The molecule has 3 rings (SSSR count). The van der Waals surface area contributed by atoms with E-state index in [0.717, 1.165) is 35.1 Å². The Hall–Kier alpha value is -1.95. The Kier molecular flexibility index (Phi) is 7.64. The third-order valence-electron chi connectivity index (χ3n) is 5.87. The second-order valence-electron chi connectivity index (χ2n) is 7.97. The maximum Gasteiger partial charge on any atom is 0.303 e. The van der Waals surface area contributed by atoms with Crippen LogP contribution in [-0.4, -0.2) is 27.4 Å². The summed E-state index contributed by atoms with van der Waals surface area (Å²) in [4.78, 5) is 11.5. The molecule has 0 amide bonds. The molecular formula is C24H30O4S. The minimum atomic E-state index is -0.766. The van der Waals surface area contributed by atoms with Gasteiger partial charge in [-0.2, -0.15) is 0 Å². The van der Waals surface area contributed by atoms with Crippen LogP contribution >= 0.6 is 11.3 Å². The van der Waals surface area contributed by atoms with Gasteiger partial charge in [-0.25, -0.2) is 0 Å². The van der Waals surface area contributed by atoms with Gasteiger partial charge in [0.2, 0.25) is 0 Å². The van der Waals surface area contributed by atoms with Gasteiger partial charge in [0.05, 0.1) is 12.2 Å². The quantitative estimate of drug-likeness (QED) is 0.356. The third kappa shape index (κ3) is 5.78. The summed E-state index contributed by atoms with van der Waals surface area (Å²) in [6, 6.07) is 10.2. The molecule has 1 aliphatic carbocycles. The number of rotatable bonds is 10. The van der Waals surface area contributed by atoms with E-state index >= 15 is 0 Å². The Morgan fingerprint density at radius 2 is 2.10 bits per heavy atom. The van der Waals surface area contributed by atoms with Crippen molar-refractivity contribution in [3.8, 4) is 0 Å². The molecule has 1 aliphatic rings. The number of carbonyl (C=O) groups is 1. The lowest BCUT2D eigenvalue weighted by Crippen LogP contribution is -2.19. The molecule has 0 spiro atoms. The molecule has 1 aromatic carbocycles. The number of fused-ring (bicyclic) bond motifs is 1. The molecule has 4 atom stereocenters. The topological polar surface area (TPSA) is 77.8 Å². The van der Waals surface area contributed by atoms with Crippen molar-refractivity contribution in [1.82, 2.24) is 0 Å². The molecule has 1 heterocycles. The van der Waals surface area contributed by atoms with Crippen LogP contribution in [0.3, 0.4) is 0 Å². The summed E-state index contributed by atoms with van der Waals surface area (Å²) in [5, 5.41) is 31.0. The monoisotopic (exact) mass is 414 g/mol. The maximum absolute atomic E-state index is 10.7. The van der Waals surface area contributed by atoms with Crippen molar-refractivity contribution >= 4 is 27.4 Å². The molecule has 1 fully saturated rings. The number of unbranched alkanes of at least 4 members (excludes halogenated alkanes) is 1. The number of aliphatic hydroxyl groups is 2. The van der Waals surface area contributed by atoms with E-state index < -0.39 is 18.2 Å². The zero-order chi connectivity index (χ0) is 20.8. The van der Waals surface area contributed by atoms with Crippen LogP contribution in [0.15, 0.2) is 54.6 Å². The van der Waals surface area contributed by atoms with E-state index in [4.69, 9.17) is 5.11 Å². The van der Waals surface area contributed by atoms with Gasteiger partial charge in [-0.3, -0.25) is 4.79 Å². The first-order chi connectivity index (χ1) is 14.0. The zero-order valence-electron chi connectivity index (χ0n) is 16.7. The summed E-state index contributed by atoms with van der Waals surface area (Å²) >= 11 is 1.64. The summed E-state index contributed by atoms with van der Waals surface area (Å²) in [6.45, 7) is 4.17. The SMILES string of the molecule is C=C1C[C@H](O)[C@H](C/C=C\CCCC(=O)O)[C@H]1CC[C@@H](O)c1cc2ccccc2s1. The van der Waals surface area contributed by atoms with Gasteiger partial charge in [0.25, 0.3) is 0 Å². The van der Waals surface area contributed by atoms with E-state index in [2.05, 4.69) is 30.9 Å². The number of aliphatic carboxylic acids is 1. The molecule has 0 unspecified atom stereocenters. The van der Waals surface area contributed by atoms with Crippen LogP contribution in [0.2, 0.25) is 0 Å². The number of benzene rings is 1. The van der Waals surface area contributed by atoms with Crippen molar-refractivity contribution in [3.63, 3.8) is 0 Å². The summed E-state index contributed by atoms with van der Waals surface area (Å²) in [5.74, 6) is -0.441. The number of thiophene rings is 1. The highest BCUT2D eigenvalue weighted by Gasteiger charge is 2.36. The number of carboxylic acids is 1. The van der Waals surface area contributed by atoms with Gasteiger partial charge in [0.15, 0.2) is 0 Å². The van der Waals surface area contributed by atoms with Crippen molar-refractivity contribution < 1.29 is 20.1 Å². The standard InChI is InChI=1S/C24H30O4S/c1-16-14-21(26)19(9-4-2-3-5-11-24(27)28)18(16)12-13-20(25)23-15-17-8-6-7-10-22(17)29-23/h2,4,6-8,10,15,18-21,25-26H,1,3,5,9,11-14H2,(H,27,28)/b4-2-/t18-,19+,20+,21-/m0/s1. The lowest BCUT2D eigenvalue weighted by atomic mass is 9.85. The minimum Gasteiger partial charge on any atom is -0.481 e. The van der Waals surface area contributed by atoms with Gasteiger partial charge in [-0.1, -0.05) is 42.5 Å². The molecule has 29 heavy (non-hydrogen) atoms. The first-order valence-electron chi connectivity index (χ1n) is 10.3. The van der Waals surface area contributed by atoms with E-state index in [0.29, 0.717) is 19.3 Å². The molecule has 3 N–H and O–H groups in total. The second-order valence-corrected chi connectivity index (χ2v) is 9.09. The van der Waals surface area contributed by atoms with Gasteiger partial charge >= 0.3 is 5.97 Å². The molecule has 0 bridgehead atoms. The van der Waals surface area contributed by atoms with E-state index in [1.807, 2.05) is 18.2 Å². The predicted molar refractivity (Wildman–Crippen MR) is 118 cm³/mol. The van der Waals surface area contributed by atoms with E-state index in [1.165, 1.54) is 4.70 Å². The fraction of sp³-hybridized carbons (Fsp3) is 0.458. The van der Waals surface area contributed by atoms with E-state index in [9.17, 15) is 15.0 Å². The molecule has 4 nitrogen and oxygen atoms in total. The highest BCUT2D eigenvalue weighted by molar-refractivity contribution is 7.19. The number of allylic oxidation sites excluding steroid dienone is 2. The Balaban J connectivity index is 1.53.